The van der Waals surface area contributed by atoms with E-state index in [-0.39, 0.29) is 5.82 Å². The second-order valence-corrected chi connectivity index (χ2v) is 4.79. The van der Waals surface area contributed by atoms with Gasteiger partial charge in [0.25, 0.3) is 0 Å². The van der Waals surface area contributed by atoms with Gasteiger partial charge in [0.05, 0.1) is 6.61 Å². The van der Waals surface area contributed by atoms with Crippen molar-refractivity contribution in [2.75, 3.05) is 25.2 Å². The minimum atomic E-state index is -1.05. The third kappa shape index (κ3) is 3.81. The lowest BCUT2D eigenvalue weighted by molar-refractivity contribution is -0.131. The molecule has 1 aromatic rings. The predicted octanol–water partition coefficient (Wildman–Crippen LogP) is 2.54. The average Bonchev–Trinajstić information content (AvgIpc) is 3.23. The first-order chi connectivity index (χ1) is 9.61. The van der Waals surface area contributed by atoms with Gasteiger partial charge in [-0.2, -0.15) is 0 Å². The van der Waals surface area contributed by atoms with Crippen molar-refractivity contribution in [3.8, 4) is 0 Å². The fourth-order valence-corrected chi connectivity index (χ4v) is 2.16. The molecule has 1 aliphatic rings. The molecule has 0 heterocycles. The lowest BCUT2D eigenvalue weighted by Crippen LogP contribution is -2.30. The highest BCUT2D eigenvalue weighted by Gasteiger charge is 2.30. The van der Waals surface area contributed by atoms with Crippen LogP contribution in [0.5, 0.6) is 0 Å². The minimum Gasteiger partial charge on any atom is -0.478 e. The normalized spacial score (nSPS) is 14.7. The first kappa shape index (κ1) is 14.5. The van der Waals surface area contributed by atoms with Crippen molar-refractivity contribution < 1.29 is 19.0 Å². The Labute approximate surface area is 117 Å². The first-order valence-corrected chi connectivity index (χ1v) is 6.58. The highest BCUT2D eigenvalue weighted by Crippen LogP contribution is 2.34. The topological polar surface area (TPSA) is 49.8 Å². The monoisotopic (exact) mass is 279 g/mol. The number of rotatable bonds is 7. The molecule has 4 nitrogen and oxygen atoms in total. The quantitative estimate of drug-likeness (QED) is 0.779. The fourth-order valence-electron chi connectivity index (χ4n) is 2.16. The molecule has 0 saturated heterocycles. The number of hydrogen-bond acceptors (Lipinski definition) is 3. The summed E-state index contributed by atoms with van der Waals surface area (Å²) in [6.07, 6.45) is 4.66. The molecule has 2 rings (SSSR count). The maximum atomic E-state index is 13.4. The van der Waals surface area contributed by atoms with Crippen LogP contribution in [0.4, 0.5) is 10.1 Å². The molecule has 0 bridgehead atoms. The molecule has 0 spiro atoms. The van der Waals surface area contributed by atoms with Crippen molar-refractivity contribution in [1.82, 2.24) is 0 Å². The van der Waals surface area contributed by atoms with Crippen LogP contribution < -0.4 is 4.90 Å². The molecule has 1 N–H and O–H groups in total. The van der Waals surface area contributed by atoms with Crippen LogP contribution in [0.2, 0.25) is 0 Å². The van der Waals surface area contributed by atoms with Gasteiger partial charge >= 0.3 is 5.97 Å². The lowest BCUT2D eigenvalue weighted by Gasteiger charge is -2.26. The first-order valence-electron chi connectivity index (χ1n) is 6.58. The van der Waals surface area contributed by atoms with E-state index >= 15 is 0 Å². The van der Waals surface area contributed by atoms with Gasteiger partial charge < -0.3 is 14.7 Å². The molecular weight excluding hydrogens is 261 g/mol. The van der Waals surface area contributed by atoms with Crippen LogP contribution in [0.25, 0.3) is 6.08 Å². The Kier molecular flexibility index (Phi) is 4.74. The summed E-state index contributed by atoms with van der Waals surface area (Å²) in [5.74, 6) is -1.42. The maximum Gasteiger partial charge on any atom is 0.328 e. The van der Waals surface area contributed by atoms with E-state index < -0.39 is 5.97 Å². The number of hydrogen-bond donors (Lipinski definition) is 1. The lowest BCUT2D eigenvalue weighted by atomic mass is 10.1. The molecule has 5 heteroatoms. The van der Waals surface area contributed by atoms with Crippen LogP contribution in [0.1, 0.15) is 18.4 Å². The van der Waals surface area contributed by atoms with E-state index in [2.05, 4.69) is 4.90 Å². The number of anilines is 1. The summed E-state index contributed by atoms with van der Waals surface area (Å²) in [5.41, 5.74) is 1.43. The average molecular weight is 279 g/mol. The SMILES string of the molecule is COCCN(c1ccc(F)cc1C=CC(=O)O)C1CC1. The number of methoxy groups -OCH3 is 1. The van der Waals surface area contributed by atoms with Gasteiger partial charge in [-0.1, -0.05) is 0 Å². The summed E-state index contributed by atoms with van der Waals surface area (Å²) in [4.78, 5) is 12.8. The molecule has 1 saturated carbocycles. The summed E-state index contributed by atoms with van der Waals surface area (Å²) >= 11 is 0. The Morgan fingerprint density at radius 2 is 2.30 bits per heavy atom. The Bertz CT molecular complexity index is 512. The van der Waals surface area contributed by atoms with Crippen LogP contribution in [-0.2, 0) is 9.53 Å². The number of nitrogens with zero attached hydrogens (tertiary/aromatic N) is 1. The molecule has 20 heavy (non-hydrogen) atoms. The van der Waals surface area contributed by atoms with Gasteiger partial charge in [-0.15, -0.1) is 0 Å². The van der Waals surface area contributed by atoms with Crippen LogP contribution in [-0.4, -0.2) is 37.4 Å². The van der Waals surface area contributed by atoms with Crippen molar-refractivity contribution in [2.24, 2.45) is 0 Å². The van der Waals surface area contributed by atoms with Crippen molar-refractivity contribution in [3.05, 3.63) is 35.7 Å². The number of ether oxygens (including phenoxy) is 1. The number of carboxylic acids is 1. The molecule has 0 radical (unpaired) electrons. The molecule has 108 valence electrons. The molecule has 1 aromatic carbocycles. The third-order valence-corrected chi connectivity index (χ3v) is 3.23. The molecule has 1 fully saturated rings. The van der Waals surface area contributed by atoms with Gasteiger partial charge in [0.2, 0.25) is 0 Å². The Hall–Kier alpha value is -1.88. The van der Waals surface area contributed by atoms with Gasteiger partial charge in [-0.3, -0.25) is 0 Å². The van der Waals surface area contributed by atoms with Crippen molar-refractivity contribution in [2.45, 2.75) is 18.9 Å². The summed E-state index contributed by atoms with van der Waals surface area (Å²) < 4.78 is 18.5. The largest absolute Gasteiger partial charge is 0.478 e. The zero-order chi connectivity index (χ0) is 14.5. The maximum absolute atomic E-state index is 13.4. The fraction of sp³-hybridized carbons (Fsp3) is 0.400. The van der Waals surface area contributed by atoms with Crippen molar-refractivity contribution in [1.29, 1.82) is 0 Å². The summed E-state index contributed by atoms with van der Waals surface area (Å²) in [6.45, 7) is 1.29. The second kappa shape index (κ2) is 6.52. The Balaban J connectivity index is 2.29. The molecule has 0 unspecified atom stereocenters. The summed E-state index contributed by atoms with van der Waals surface area (Å²) in [7, 11) is 1.64. The van der Waals surface area contributed by atoms with Gasteiger partial charge in [-0.25, -0.2) is 9.18 Å². The highest BCUT2D eigenvalue weighted by atomic mass is 19.1. The second-order valence-electron chi connectivity index (χ2n) is 4.79. The van der Waals surface area contributed by atoms with Crippen LogP contribution in [0, 0.1) is 5.82 Å². The molecular formula is C15H18FNO3. The predicted molar refractivity (Wildman–Crippen MR) is 75.3 cm³/mol. The van der Waals surface area contributed by atoms with Crippen LogP contribution >= 0.6 is 0 Å². The number of aliphatic carboxylic acids is 1. The smallest absolute Gasteiger partial charge is 0.328 e. The van der Waals surface area contributed by atoms with Gasteiger partial charge in [0, 0.05) is 37.0 Å². The van der Waals surface area contributed by atoms with E-state index in [0.717, 1.165) is 24.6 Å². The van der Waals surface area contributed by atoms with Gasteiger partial charge in [0.1, 0.15) is 5.82 Å². The van der Waals surface area contributed by atoms with Gasteiger partial charge in [0.15, 0.2) is 0 Å². The summed E-state index contributed by atoms with van der Waals surface area (Å²) in [6, 6.07) is 4.89. The van der Waals surface area contributed by atoms with Gasteiger partial charge in [-0.05, 0) is 37.1 Å². The van der Waals surface area contributed by atoms with Crippen LogP contribution in [0.15, 0.2) is 24.3 Å². The van der Waals surface area contributed by atoms with E-state index in [1.54, 1.807) is 13.2 Å². The molecule has 0 atom stereocenters. The van der Waals surface area contributed by atoms with E-state index in [1.165, 1.54) is 18.2 Å². The van der Waals surface area contributed by atoms with Crippen molar-refractivity contribution >= 4 is 17.7 Å². The van der Waals surface area contributed by atoms with E-state index in [0.29, 0.717) is 24.8 Å². The van der Waals surface area contributed by atoms with Crippen LogP contribution in [0.3, 0.4) is 0 Å². The standard InChI is InChI=1S/C15H18FNO3/c1-20-9-8-17(13-4-5-13)14-6-3-12(16)10-11(14)2-7-15(18)19/h2-3,6-7,10,13H,4-5,8-9H2,1H3,(H,18,19). The molecule has 0 aliphatic heterocycles. The third-order valence-electron chi connectivity index (χ3n) is 3.23. The molecule has 0 amide bonds. The Morgan fingerprint density at radius 1 is 1.55 bits per heavy atom. The van der Waals surface area contributed by atoms with E-state index in [4.69, 9.17) is 9.84 Å². The summed E-state index contributed by atoms with van der Waals surface area (Å²) in [5, 5.41) is 8.72. The van der Waals surface area contributed by atoms with Crippen molar-refractivity contribution in [3.63, 3.8) is 0 Å². The Morgan fingerprint density at radius 3 is 2.90 bits per heavy atom. The zero-order valence-electron chi connectivity index (χ0n) is 11.4. The molecule has 1 aliphatic carbocycles. The number of benzene rings is 1. The van der Waals surface area contributed by atoms with E-state index in [9.17, 15) is 9.18 Å². The molecule has 0 aromatic heterocycles. The highest BCUT2D eigenvalue weighted by molar-refractivity contribution is 5.87. The van der Waals surface area contributed by atoms with E-state index in [1.807, 2.05) is 0 Å². The minimum absolute atomic E-state index is 0.374. The zero-order valence-corrected chi connectivity index (χ0v) is 11.4. The number of carbonyl (C=O) groups is 1. The number of carboxylic acid groups (broad SMARTS) is 1. The number of halogens is 1.